The lowest BCUT2D eigenvalue weighted by molar-refractivity contribution is -0.274. The highest BCUT2D eigenvalue weighted by Crippen LogP contribution is 2.50. The van der Waals surface area contributed by atoms with E-state index in [1.165, 1.54) is 18.3 Å². The van der Waals surface area contributed by atoms with Gasteiger partial charge in [-0.25, -0.2) is 13.8 Å². The minimum Gasteiger partial charge on any atom is -0.402 e. The van der Waals surface area contributed by atoms with Crippen LogP contribution in [0.2, 0.25) is 0 Å². The van der Waals surface area contributed by atoms with Crippen molar-refractivity contribution >= 4 is 17.4 Å². The SMILES string of the molecule is Cc1ccc(C(=O)Nc2ccc3c(c2)C(F)(F)CC3N2CCN(C)CC2)cc1C#Cc1cnc(N)c(OC(F)(F)F)c1. The second-order valence-corrected chi connectivity index (χ2v) is 10.5. The number of rotatable bonds is 4. The summed E-state index contributed by atoms with van der Waals surface area (Å²) in [5.74, 6) is 0.883. The van der Waals surface area contributed by atoms with E-state index in [2.05, 4.69) is 36.7 Å². The number of nitrogens with two attached hydrogens (primary N) is 1. The number of nitrogens with one attached hydrogen (secondary N) is 1. The summed E-state index contributed by atoms with van der Waals surface area (Å²) in [7, 11) is 2.01. The predicted octanol–water partition coefficient (Wildman–Crippen LogP) is 5.31. The third-order valence-electron chi connectivity index (χ3n) is 7.44. The molecule has 5 rings (SSSR count). The van der Waals surface area contributed by atoms with E-state index in [0.29, 0.717) is 29.8 Å². The van der Waals surface area contributed by atoms with Crippen LogP contribution in [0.1, 0.15) is 50.6 Å². The van der Waals surface area contributed by atoms with E-state index in [9.17, 15) is 18.0 Å². The van der Waals surface area contributed by atoms with Gasteiger partial charge in [0.25, 0.3) is 11.8 Å². The lowest BCUT2D eigenvalue weighted by atomic mass is 10.0. The van der Waals surface area contributed by atoms with Crippen LogP contribution < -0.4 is 15.8 Å². The summed E-state index contributed by atoms with van der Waals surface area (Å²) in [5.41, 5.74) is 7.70. The molecule has 1 aliphatic carbocycles. The van der Waals surface area contributed by atoms with E-state index in [0.717, 1.165) is 19.2 Å². The summed E-state index contributed by atoms with van der Waals surface area (Å²) in [6, 6.07) is 10.0. The lowest BCUT2D eigenvalue weighted by Gasteiger charge is -2.36. The minimum atomic E-state index is -4.94. The molecular weight excluding hydrogens is 557 g/mol. The highest BCUT2D eigenvalue weighted by Gasteiger charge is 2.47. The number of aryl methyl sites for hydroxylation is 1. The number of hydrogen-bond donors (Lipinski definition) is 2. The molecule has 12 heteroatoms. The Balaban J connectivity index is 1.33. The summed E-state index contributed by atoms with van der Waals surface area (Å²) in [5, 5.41) is 2.69. The van der Waals surface area contributed by atoms with Gasteiger partial charge in [0.1, 0.15) is 0 Å². The number of amides is 1. The molecule has 3 aromatic rings. The molecule has 2 heterocycles. The third-order valence-corrected chi connectivity index (χ3v) is 7.44. The van der Waals surface area contributed by atoms with Crippen molar-refractivity contribution in [3.63, 3.8) is 0 Å². The lowest BCUT2D eigenvalue weighted by Crippen LogP contribution is -2.45. The average Bonchev–Trinajstić information content (AvgIpc) is 3.19. The van der Waals surface area contributed by atoms with Gasteiger partial charge in [0.15, 0.2) is 11.6 Å². The molecule has 0 radical (unpaired) electrons. The van der Waals surface area contributed by atoms with Crippen molar-refractivity contribution in [2.24, 2.45) is 0 Å². The van der Waals surface area contributed by atoms with Crippen LogP contribution in [0, 0.1) is 18.8 Å². The zero-order valence-electron chi connectivity index (χ0n) is 22.9. The fourth-order valence-electron chi connectivity index (χ4n) is 5.13. The first-order valence-electron chi connectivity index (χ1n) is 13.2. The van der Waals surface area contributed by atoms with Gasteiger partial charge >= 0.3 is 6.36 Å². The number of carbonyl (C=O) groups excluding carboxylic acids is 1. The standard InChI is InChI=1S/C30H28F5N5O2/c1-18-3-5-21(14-20(18)6-4-19-13-26(27(36)37-17-19)42-30(33,34)35)28(41)38-22-7-8-23-24(15-22)29(31,32)16-25(23)40-11-9-39(2)10-12-40/h3,5,7-8,13-15,17,25H,9-12,16H2,1-2H3,(H2,36,37)(H,38,41). The first-order chi connectivity index (χ1) is 19.8. The zero-order valence-corrected chi connectivity index (χ0v) is 22.9. The number of fused-ring (bicyclic) bond motifs is 1. The quantitative estimate of drug-likeness (QED) is 0.319. The number of piperazine rings is 1. The number of alkyl halides is 5. The molecule has 2 aromatic carbocycles. The molecule has 1 aromatic heterocycles. The van der Waals surface area contributed by atoms with Gasteiger partial charge in [-0.1, -0.05) is 24.0 Å². The van der Waals surface area contributed by atoms with E-state index >= 15 is 8.78 Å². The predicted molar refractivity (Wildman–Crippen MR) is 147 cm³/mol. The number of aromatic nitrogens is 1. The third kappa shape index (κ3) is 6.48. The summed E-state index contributed by atoms with van der Waals surface area (Å²) >= 11 is 0. The molecule has 2 aliphatic rings. The first-order valence-corrected chi connectivity index (χ1v) is 13.2. The zero-order chi connectivity index (χ0) is 30.2. The maximum atomic E-state index is 15.1. The largest absolute Gasteiger partial charge is 0.573 e. The van der Waals surface area contributed by atoms with Crippen LogP contribution in [-0.4, -0.2) is 60.3 Å². The number of nitrogens with zero attached hydrogens (tertiary/aromatic N) is 3. The van der Waals surface area contributed by atoms with Crippen molar-refractivity contribution in [3.05, 3.63) is 82.0 Å². The van der Waals surface area contributed by atoms with Crippen LogP contribution in [0.25, 0.3) is 0 Å². The molecule has 1 saturated heterocycles. The molecule has 0 spiro atoms. The maximum absolute atomic E-state index is 15.1. The van der Waals surface area contributed by atoms with Crippen molar-refractivity contribution in [1.82, 2.24) is 14.8 Å². The van der Waals surface area contributed by atoms with Crippen LogP contribution in [0.3, 0.4) is 0 Å². The van der Waals surface area contributed by atoms with Gasteiger partial charge in [-0.15, -0.1) is 13.2 Å². The number of anilines is 2. The molecule has 1 unspecified atom stereocenters. The molecule has 220 valence electrons. The Kier molecular flexibility index (Phi) is 7.83. The van der Waals surface area contributed by atoms with Gasteiger partial charge < -0.3 is 20.7 Å². The Labute approximate surface area is 239 Å². The number of pyridine rings is 1. The van der Waals surface area contributed by atoms with Crippen LogP contribution in [0.15, 0.2) is 48.7 Å². The number of nitrogen functional groups attached to an aromatic ring is 1. The molecule has 0 saturated carbocycles. The molecule has 7 nitrogen and oxygen atoms in total. The van der Waals surface area contributed by atoms with Crippen molar-refractivity contribution in [2.45, 2.75) is 31.7 Å². The summed E-state index contributed by atoms with van der Waals surface area (Å²) in [4.78, 5) is 21.0. The van der Waals surface area contributed by atoms with Crippen molar-refractivity contribution < 1.29 is 31.5 Å². The highest BCUT2D eigenvalue weighted by molar-refractivity contribution is 6.04. The molecule has 3 N–H and O–H groups in total. The highest BCUT2D eigenvalue weighted by atomic mass is 19.4. The number of hydrogen-bond acceptors (Lipinski definition) is 6. The summed E-state index contributed by atoms with van der Waals surface area (Å²) < 4.78 is 71.9. The topological polar surface area (TPSA) is 83.7 Å². The maximum Gasteiger partial charge on any atom is 0.573 e. The Hall–Kier alpha value is -4.21. The molecule has 42 heavy (non-hydrogen) atoms. The number of ether oxygens (including phenoxy) is 1. The monoisotopic (exact) mass is 585 g/mol. The Morgan fingerprint density at radius 3 is 2.55 bits per heavy atom. The van der Waals surface area contributed by atoms with E-state index in [1.807, 2.05) is 7.05 Å². The van der Waals surface area contributed by atoms with Crippen molar-refractivity contribution in [2.75, 3.05) is 44.3 Å². The molecule has 1 fully saturated rings. The van der Waals surface area contributed by atoms with Crippen LogP contribution in [-0.2, 0) is 5.92 Å². The normalized spacial score (nSPS) is 18.6. The van der Waals surface area contributed by atoms with Crippen LogP contribution >= 0.6 is 0 Å². The Morgan fingerprint density at radius 2 is 1.83 bits per heavy atom. The van der Waals surface area contributed by atoms with E-state index in [1.54, 1.807) is 31.2 Å². The number of halogens is 5. The molecule has 0 bridgehead atoms. The number of likely N-dealkylation sites (N-methyl/N-ethyl adjacent to an activating group) is 1. The Bertz CT molecular complexity index is 1570. The van der Waals surface area contributed by atoms with Crippen molar-refractivity contribution in [3.8, 4) is 17.6 Å². The number of carbonyl (C=O) groups is 1. The number of benzene rings is 2. The minimum absolute atomic E-state index is 0.0781. The van der Waals surface area contributed by atoms with E-state index in [-0.39, 0.29) is 34.8 Å². The second kappa shape index (κ2) is 11.2. The fraction of sp³-hybridized carbons (Fsp3) is 0.333. The molecular formula is C30H28F5N5O2. The average molecular weight is 586 g/mol. The van der Waals surface area contributed by atoms with E-state index < -0.39 is 29.8 Å². The summed E-state index contributed by atoms with van der Waals surface area (Å²) in [6.07, 6.45) is -4.03. The fourth-order valence-corrected chi connectivity index (χ4v) is 5.13. The summed E-state index contributed by atoms with van der Waals surface area (Å²) in [6.45, 7) is 4.82. The molecule has 1 amide bonds. The van der Waals surface area contributed by atoms with Gasteiger partial charge in [0.2, 0.25) is 0 Å². The van der Waals surface area contributed by atoms with Crippen LogP contribution in [0.4, 0.5) is 33.5 Å². The van der Waals surface area contributed by atoms with Gasteiger partial charge in [0, 0.05) is 78.8 Å². The molecule has 1 atom stereocenters. The Morgan fingerprint density at radius 1 is 1.10 bits per heavy atom. The first kappa shape index (κ1) is 29.3. The van der Waals surface area contributed by atoms with E-state index in [4.69, 9.17) is 5.73 Å². The smallest absolute Gasteiger partial charge is 0.402 e. The van der Waals surface area contributed by atoms with Gasteiger partial charge in [-0.2, -0.15) is 0 Å². The van der Waals surface area contributed by atoms with Gasteiger partial charge in [0.05, 0.1) is 0 Å². The molecule has 1 aliphatic heterocycles. The van der Waals surface area contributed by atoms with Gasteiger partial charge in [-0.3, -0.25) is 9.69 Å². The van der Waals surface area contributed by atoms with Crippen LogP contribution in [0.5, 0.6) is 5.75 Å². The second-order valence-electron chi connectivity index (χ2n) is 10.5. The van der Waals surface area contributed by atoms with Crippen molar-refractivity contribution in [1.29, 1.82) is 0 Å². The van der Waals surface area contributed by atoms with Gasteiger partial charge in [-0.05, 0) is 49.4 Å².